The molecule has 1 heterocycles. The number of carbonyl (C=O) groups is 2. The van der Waals surface area contributed by atoms with Crippen molar-refractivity contribution < 1.29 is 33.0 Å². The smallest absolute Gasteiger partial charge is 0.372 e. The van der Waals surface area contributed by atoms with Crippen LogP contribution in [-0.4, -0.2) is 44.3 Å². The molecule has 9 heteroatoms. The van der Waals surface area contributed by atoms with Crippen LogP contribution in [0.5, 0.6) is 0 Å². The van der Waals surface area contributed by atoms with Crippen LogP contribution in [0.4, 0.5) is 13.2 Å². The second-order valence-corrected chi connectivity index (χ2v) is 7.48. The lowest BCUT2D eigenvalue weighted by Gasteiger charge is -2.31. The van der Waals surface area contributed by atoms with Gasteiger partial charge in [-0.2, -0.15) is 13.2 Å². The van der Waals surface area contributed by atoms with E-state index in [1.165, 1.54) is 36.4 Å². The summed E-state index contributed by atoms with van der Waals surface area (Å²) >= 11 is 3.22. The van der Waals surface area contributed by atoms with Gasteiger partial charge in [-0.25, -0.2) is 0 Å². The summed E-state index contributed by atoms with van der Waals surface area (Å²) in [6, 6.07) is 13.4. The van der Waals surface area contributed by atoms with Gasteiger partial charge in [0.25, 0.3) is 5.91 Å². The normalized spacial score (nSPS) is 25.2. The first kappa shape index (κ1) is 20.5. The average molecular weight is 458 g/mol. The Kier molecular flexibility index (Phi) is 5.11. The predicted molar refractivity (Wildman–Crippen MR) is 96.0 cm³/mol. The summed E-state index contributed by atoms with van der Waals surface area (Å²) in [4.78, 5) is 25.8. The average Bonchev–Trinajstić information content (AvgIpc) is 2.85. The van der Waals surface area contributed by atoms with Crippen LogP contribution in [0, 0.1) is 0 Å². The Balaban J connectivity index is 2.07. The maximum absolute atomic E-state index is 13.4. The molecule has 28 heavy (non-hydrogen) atoms. The molecule has 2 N–H and O–H groups in total. The molecule has 3 rings (SSSR count). The highest BCUT2D eigenvalue weighted by Gasteiger charge is 2.72. The predicted octanol–water partition coefficient (Wildman–Crippen LogP) is 3.05. The van der Waals surface area contributed by atoms with Crippen molar-refractivity contribution in [2.24, 2.45) is 0 Å². The first-order valence-electron chi connectivity index (χ1n) is 8.17. The molecule has 0 aliphatic carbocycles. The fourth-order valence-corrected chi connectivity index (χ4v) is 3.40. The van der Waals surface area contributed by atoms with Crippen molar-refractivity contribution in [2.75, 3.05) is 0 Å². The molecule has 2 aromatic carbocycles. The highest BCUT2D eigenvalue weighted by atomic mass is 79.9. The minimum absolute atomic E-state index is 0.0787. The number of hydrogen-bond donors (Lipinski definition) is 2. The van der Waals surface area contributed by atoms with E-state index < -0.39 is 42.2 Å². The molecule has 0 radical (unpaired) electrons. The molecule has 1 fully saturated rings. The van der Waals surface area contributed by atoms with Gasteiger partial charge in [0.15, 0.2) is 0 Å². The fraction of sp³-hybridized carbons (Fsp3) is 0.263. The number of alkyl halides is 3. The summed E-state index contributed by atoms with van der Waals surface area (Å²) in [6.45, 7) is -0.487. The van der Waals surface area contributed by atoms with Crippen LogP contribution in [-0.2, 0) is 11.3 Å². The minimum Gasteiger partial charge on any atom is -0.372 e. The second kappa shape index (κ2) is 6.98. The van der Waals surface area contributed by atoms with E-state index in [1.54, 1.807) is 18.2 Å². The Morgan fingerprint density at radius 3 is 2.18 bits per heavy atom. The molecule has 1 amide bonds. The van der Waals surface area contributed by atoms with Gasteiger partial charge >= 0.3 is 6.18 Å². The highest BCUT2D eigenvalue weighted by molar-refractivity contribution is 9.10. The zero-order valence-corrected chi connectivity index (χ0v) is 15.9. The van der Waals surface area contributed by atoms with Gasteiger partial charge in [-0.3, -0.25) is 9.59 Å². The topological polar surface area (TPSA) is 77.8 Å². The van der Waals surface area contributed by atoms with Crippen molar-refractivity contribution in [2.45, 2.75) is 30.5 Å². The Morgan fingerprint density at radius 2 is 1.64 bits per heavy atom. The Hall–Kier alpha value is -2.23. The molecule has 1 aliphatic rings. The third kappa shape index (κ3) is 3.34. The SMILES string of the molecule is O=C(c1ccccc1)[C@@]1(O)C[C@@](O)(C(F)(F)F)C(=O)N1Cc1ccc(Br)cc1. The van der Waals surface area contributed by atoms with Gasteiger partial charge in [-0.05, 0) is 17.7 Å². The van der Waals surface area contributed by atoms with Crippen LogP contribution in [0.25, 0.3) is 0 Å². The number of aliphatic hydroxyl groups is 2. The van der Waals surface area contributed by atoms with Crippen molar-refractivity contribution in [3.8, 4) is 0 Å². The maximum Gasteiger partial charge on any atom is 0.426 e. The zero-order chi connectivity index (χ0) is 20.7. The number of rotatable bonds is 4. The van der Waals surface area contributed by atoms with Gasteiger partial charge in [-0.1, -0.05) is 58.4 Å². The largest absolute Gasteiger partial charge is 0.426 e. The summed E-state index contributed by atoms with van der Waals surface area (Å²) < 4.78 is 41.0. The van der Waals surface area contributed by atoms with Gasteiger partial charge in [0.2, 0.25) is 17.1 Å². The lowest BCUT2D eigenvalue weighted by atomic mass is 9.91. The van der Waals surface area contributed by atoms with Gasteiger partial charge in [0.05, 0.1) is 6.42 Å². The number of hydrogen-bond acceptors (Lipinski definition) is 4. The first-order valence-corrected chi connectivity index (χ1v) is 8.96. The summed E-state index contributed by atoms with van der Waals surface area (Å²) in [5.41, 5.74) is -6.41. The molecular weight excluding hydrogens is 443 g/mol. The molecule has 0 bridgehead atoms. The van der Waals surface area contributed by atoms with Crippen LogP contribution in [0.2, 0.25) is 0 Å². The number of amides is 1. The van der Waals surface area contributed by atoms with E-state index in [-0.39, 0.29) is 5.56 Å². The molecule has 1 saturated heterocycles. The quantitative estimate of drug-likeness (QED) is 0.691. The monoisotopic (exact) mass is 457 g/mol. The van der Waals surface area contributed by atoms with E-state index in [2.05, 4.69) is 15.9 Å². The Bertz CT molecular complexity index is 904. The Labute approximate surface area is 166 Å². The van der Waals surface area contributed by atoms with E-state index in [0.29, 0.717) is 14.9 Å². The maximum atomic E-state index is 13.4. The molecule has 0 saturated carbocycles. The number of ketones is 1. The van der Waals surface area contributed by atoms with Gasteiger partial charge < -0.3 is 15.1 Å². The molecule has 2 aromatic rings. The van der Waals surface area contributed by atoms with Crippen LogP contribution >= 0.6 is 15.9 Å². The lowest BCUT2D eigenvalue weighted by molar-refractivity contribution is -0.250. The van der Waals surface area contributed by atoms with Crippen molar-refractivity contribution >= 4 is 27.6 Å². The van der Waals surface area contributed by atoms with E-state index in [4.69, 9.17) is 0 Å². The first-order chi connectivity index (χ1) is 13.0. The number of carbonyl (C=O) groups excluding carboxylic acids is 2. The molecule has 148 valence electrons. The van der Waals surface area contributed by atoms with Crippen LogP contribution in [0.1, 0.15) is 22.3 Å². The third-order valence-electron chi connectivity index (χ3n) is 4.67. The van der Waals surface area contributed by atoms with Gasteiger partial charge in [0.1, 0.15) is 0 Å². The minimum atomic E-state index is -5.36. The number of likely N-dealkylation sites (tertiary alicyclic amines) is 1. The van der Waals surface area contributed by atoms with Crippen molar-refractivity contribution in [1.82, 2.24) is 4.90 Å². The van der Waals surface area contributed by atoms with Gasteiger partial charge in [0, 0.05) is 16.6 Å². The zero-order valence-electron chi connectivity index (χ0n) is 14.3. The summed E-state index contributed by atoms with van der Waals surface area (Å²) in [5.74, 6) is -2.87. The van der Waals surface area contributed by atoms with Crippen molar-refractivity contribution in [3.63, 3.8) is 0 Å². The molecule has 0 spiro atoms. The standard InChI is InChI=1S/C19H15BrF3NO4/c20-14-8-6-12(7-9-14)10-24-16(26)17(27,19(21,22)23)11-18(24,28)15(25)13-4-2-1-3-5-13/h1-9,27-28H,10-11H2/t17-,18-/m0/s1. The number of nitrogens with zero attached hydrogens (tertiary/aromatic N) is 1. The molecule has 2 atom stereocenters. The molecule has 5 nitrogen and oxygen atoms in total. The Morgan fingerprint density at radius 1 is 1.07 bits per heavy atom. The highest BCUT2D eigenvalue weighted by Crippen LogP contribution is 2.46. The molecule has 0 aromatic heterocycles. The van der Waals surface area contributed by atoms with E-state index in [0.717, 1.165) is 0 Å². The van der Waals surface area contributed by atoms with E-state index >= 15 is 0 Å². The molecular formula is C19H15BrF3NO4. The number of halogens is 4. The number of benzene rings is 2. The second-order valence-electron chi connectivity index (χ2n) is 6.56. The summed E-state index contributed by atoms with van der Waals surface area (Å²) in [7, 11) is 0. The lowest BCUT2D eigenvalue weighted by Crippen LogP contribution is -2.52. The third-order valence-corrected chi connectivity index (χ3v) is 5.20. The van der Waals surface area contributed by atoms with E-state index in [9.17, 15) is 33.0 Å². The molecule has 0 unspecified atom stereocenters. The van der Waals surface area contributed by atoms with E-state index in [1.807, 2.05) is 0 Å². The summed E-state index contributed by atoms with van der Waals surface area (Å²) in [5, 5.41) is 21.0. The van der Waals surface area contributed by atoms with Crippen LogP contribution in [0.3, 0.4) is 0 Å². The summed E-state index contributed by atoms with van der Waals surface area (Å²) in [6.07, 6.45) is -6.86. The van der Waals surface area contributed by atoms with Crippen molar-refractivity contribution in [3.05, 3.63) is 70.2 Å². The van der Waals surface area contributed by atoms with Crippen LogP contribution in [0.15, 0.2) is 59.1 Å². The fourth-order valence-electron chi connectivity index (χ4n) is 3.14. The van der Waals surface area contributed by atoms with Gasteiger partial charge in [-0.15, -0.1) is 0 Å². The number of Topliss-reactive ketones (excluding diaryl/α,β-unsaturated/α-hetero) is 1. The molecule has 1 aliphatic heterocycles. The van der Waals surface area contributed by atoms with Crippen LogP contribution < -0.4 is 0 Å². The van der Waals surface area contributed by atoms with Crippen molar-refractivity contribution in [1.29, 1.82) is 0 Å².